The van der Waals surface area contributed by atoms with Crippen molar-refractivity contribution in [2.75, 3.05) is 13.6 Å². The molecule has 0 unspecified atom stereocenters. The van der Waals surface area contributed by atoms with E-state index in [-0.39, 0.29) is 0 Å². The van der Waals surface area contributed by atoms with E-state index >= 15 is 0 Å². The van der Waals surface area contributed by atoms with E-state index in [1.165, 1.54) is 0 Å². The van der Waals surface area contributed by atoms with Crippen molar-refractivity contribution in [1.82, 2.24) is 0 Å². The molecule has 7 heavy (non-hydrogen) atoms. The van der Waals surface area contributed by atoms with Gasteiger partial charge in [-0.05, 0) is 6.08 Å². The Morgan fingerprint density at radius 2 is 2.29 bits per heavy atom. The fourth-order valence-electron chi connectivity index (χ4n) is 0.309. The maximum absolute atomic E-state index is 3.59. The van der Waals surface area contributed by atoms with Crippen LogP contribution in [0.2, 0.25) is 0 Å². The highest BCUT2D eigenvalue weighted by atomic mass is 14.9. The second-order valence-electron chi connectivity index (χ2n) is 1.49. The zero-order chi connectivity index (χ0) is 5.70. The van der Waals surface area contributed by atoms with Crippen molar-refractivity contribution in [3.05, 3.63) is 12.7 Å². The minimum atomic E-state index is 0.941. The van der Waals surface area contributed by atoms with Crippen LogP contribution in [0.25, 0.3) is 0 Å². The van der Waals surface area contributed by atoms with Crippen LogP contribution in [0.3, 0.4) is 0 Å². The van der Waals surface area contributed by atoms with Crippen LogP contribution in [0.15, 0.2) is 12.7 Å². The molecule has 1 nitrogen and oxygen atoms in total. The van der Waals surface area contributed by atoms with Gasteiger partial charge in [-0.3, -0.25) is 0 Å². The van der Waals surface area contributed by atoms with Gasteiger partial charge in [0.05, 0.1) is 0 Å². The maximum atomic E-state index is 3.59. The maximum Gasteiger partial charge on any atom is 0.160 e. The summed E-state index contributed by atoms with van der Waals surface area (Å²) in [5, 5.41) is 0. The highest BCUT2D eigenvalue weighted by Crippen LogP contribution is 1.64. The number of hydrogen-bond donors (Lipinski definition) is 0. The molecule has 0 rings (SSSR count). The molecule has 0 aromatic rings. The lowest BCUT2D eigenvalue weighted by Crippen LogP contribution is -2.03. The molecule has 0 aliphatic rings. The molecule has 40 valence electrons. The van der Waals surface area contributed by atoms with Crippen LogP contribution in [-0.4, -0.2) is 24.4 Å². The Balaban J connectivity index is 3.36. The SMILES string of the molecule is C=CC[N+](C)=CC. The summed E-state index contributed by atoms with van der Waals surface area (Å²) in [5.41, 5.74) is 0. The monoisotopic (exact) mass is 98.1 g/mol. The van der Waals surface area contributed by atoms with Crippen molar-refractivity contribution in [2.24, 2.45) is 0 Å². The Labute approximate surface area is 45.0 Å². The first-order chi connectivity index (χ1) is 3.31. The second kappa shape index (κ2) is 3.59. The summed E-state index contributed by atoms with van der Waals surface area (Å²) in [6.45, 7) is 6.53. The summed E-state index contributed by atoms with van der Waals surface area (Å²) in [7, 11) is 2.02. The van der Waals surface area contributed by atoms with E-state index in [0.29, 0.717) is 0 Å². The Hall–Kier alpha value is -0.590. The molecule has 0 aromatic carbocycles. The van der Waals surface area contributed by atoms with Gasteiger partial charge in [-0.1, -0.05) is 6.58 Å². The average molecular weight is 98.2 g/mol. The van der Waals surface area contributed by atoms with Crippen LogP contribution in [-0.2, 0) is 0 Å². The van der Waals surface area contributed by atoms with Crippen molar-refractivity contribution in [3.63, 3.8) is 0 Å². The fourth-order valence-corrected chi connectivity index (χ4v) is 0.309. The molecule has 0 aromatic heterocycles. The third kappa shape index (κ3) is 3.23. The summed E-state index contributed by atoms with van der Waals surface area (Å²) in [4.78, 5) is 0. The summed E-state index contributed by atoms with van der Waals surface area (Å²) in [5.74, 6) is 0. The second-order valence-corrected chi connectivity index (χ2v) is 1.49. The van der Waals surface area contributed by atoms with Gasteiger partial charge in [0.1, 0.15) is 13.3 Å². The van der Waals surface area contributed by atoms with Gasteiger partial charge in [0.2, 0.25) is 0 Å². The third-order valence-corrected chi connectivity index (χ3v) is 0.858. The van der Waals surface area contributed by atoms with Crippen LogP contribution in [0, 0.1) is 0 Å². The largest absolute Gasteiger partial charge is 0.239 e. The number of nitrogens with zero attached hydrogens (tertiary/aromatic N) is 1. The molecular weight excluding hydrogens is 86.1 g/mol. The zero-order valence-electron chi connectivity index (χ0n) is 5.02. The van der Waals surface area contributed by atoms with Gasteiger partial charge < -0.3 is 0 Å². The fraction of sp³-hybridized carbons (Fsp3) is 0.500. The molecule has 0 fully saturated rings. The van der Waals surface area contributed by atoms with Gasteiger partial charge in [0.15, 0.2) is 6.54 Å². The van der Waals surface area contributed by atoms with E-state index in [4.69, 9.17) is 0 Å². The van der Waals surface area contributed by atoms with Crippen LogP contribution >= 0.6 is 0 Å². The van der Waals surface area contributed by atoms with E-state index in [1.807, 2.05) is 26.3 Å². The normalized spacial score (nSPS) is 11.4. The van der Waals surface area contributed by atoms with Gasteiger partial charge in [-0.25, -0.2) is 4.58 Å². The topological polar surface area (TPSA) is 3.01 Å². The van der Waals surface area contributed by atoms with Crippen molar-refractivity contribution in [2.45, 2.75) is 6.92 Å². The summed E-state index contributed by atoms with van der Waals surface area (Å²) >= 11 is 0. The van der Waals surface area contributed by atoms with Crippen molar-refractivity contribution in [3.8, 4) is 0 Å². The summed E-state index contributed by atoms with van der Waals surface area (Å²) in [6, 6.07) is 0. The molecule has 0 aliphatic carbocycles. The van der Waals surface area contributed by atoms with E-state index < -0.39 is 0 Å². The predicted octanol–water partition coefficient (Wildman–Crippen LogP) is 0.905. The lowest BCUT2D eigenvalue weighted by Gasteiger charge is -1.84. The summed E-state index contributed by atoms with van der Waals surface area (Å²) in [6.07, 6.45) is 3.89. The van der Waals surface area contributed by atoms with Crippen LogP contribution in [0.4, 0.5) is 0 Å². The lowest BCUT2D eigenvalue weighted by atomic mass is 10.6. The molecule has 1 heteroatoms. The molecule has 0 N–H and O–H groups in total. The molecule has 0 aliphatic heterocycles. The number of rotatable bonds is 2. The van der Waals surface area contributed by atoms with Crippen molar-refractivity contribution < 1.29 is 4.58 Å². The first-order valence-electron chi connectivity index (χ1n) is 2.42. The van der Waals surface area contributed by atoms with Crippen molar-refractivity contribution >= 4 is 6.21 Å². The molecule has 0 amide bonds. The zero-order valence-corrected chi connectivity index (χ0v) is 5.02. The Morgan fingerprint density at radius 3 is 2.43 bits per heavy atom. The van der Waals surface area contributed by atoms with Gasteiger partial charge in [-0.2, -0.15) is 0 Å². The van der Waals surface area contributed by atoms with Crippen molar-refractivity contribution in [1.29, 1.82) is 0 Å². The molecule has 0 radical (unpaired) electrons. The van der Waals surface area contributed by atoms with E-state index in [2.05, 4.69) is 11.2 Å². The minimum Gasteiger partial charge on any atom is -0.239 e. The first kappa shape index (κ1) is 6.41. The van der Waals surface area contributed by atoms with Gasteiger partial charge in [0.25, 0.3) is 0 Å². The molecule has 0 heterocycles. The van der Waals surface area contributed by atoms with E-state index in [1.54, 1.807) is 0 Å². The highest BCUT2D eigenvalue weighted by molar-refractivity contribution is 5.46. The average Bonchev–Trinajstić information content (AvgIpc) is 1.68. The minimum absolute atomic E-state index is 0.941. The Morgan fingerprint density at radius 1 is 1.71 bits per heavy atom. The Kier molecular flexibility index (Phi) is 3.29. The summed E-state index contributed by atoms with van der Waals surface area (Å²) < 4.78 is 2.06. The number of likely N-dealkylation sites (N-methyl/N-ethyl adjacent to an activating group) is 1. The standard InChI is InChI=1S/C6H12N/c1-4-6-7(3)5-2/h4-5H,1,6H2,2-3H3/q+1. The van der Waals surface area contributed by atoms with Gasteiger partial charge >= 0.3 is 0 Å². The van der Waals surface area contributed by atoms with Crippen LogP contribution < -0.4 is 0 Å². The smallest absolute Gasteiger partial charge is 0.160 e. The molecule has 0 bridgehead atoms. The molecule has 0 saturated carbocycles. The van der Waals surface area contributed by atoms with Crippen LogP contribution in [0.1, 0.15) is 6.92 Å². The first-order valence-corrected chi connectivity index (χ1v) is 2.42. The molecule has 0 saturated heterocycles. The van der Waals surface area contributed by atoms with Gasteiger partial charge in [-0.15, -0.1) is 0 Å². The predicted molar refractivity (Wildman–Crippen MR) is 33.0 cm³/mol. The Bertz CT molecular complexity index is 82.2. The van der Waals surface area contributed by atoms with E-state index in [9.17, 15) is 0 Å². The lowest BCUT2D eigenvalue weighted by molar-refractivity contribution is -0.481. The van der Waals surface area contributed by atoms with Crippen LogP contribution in [0.5, 0.6) is 0 Å². The quantitative estimate of drug-likeness (QED) is 0.274. The van der Waals surface area contributed by atoms with E-state index in [0.717, 1.165) is 6.54 Å². The molecular formula is C6H12N+. The van der Waals surface area contributed by atoms with Gasteiger partial charge in [0, 0.05) is 6.92 Å². The number of hydrogen-bond acceptors (Lipinski definition) is 0. The highest BCUT2D eigenvalue weighted by Gasteiger charge is 1.81. The molecule has 0 atom stereocenters. The third-order valence-electron chi connectivity index (χ3n) is 0.858. The molecule has 0 spiro atoms.